The number of hydrogen-bond acceptors (Lipinski definition) is 7. The number of amides is 1. The fourth-order valence-electron chi connectivity index (χ4n) is 4.15. The number of carboxylic acid groups (broad SMARTS) is 1. The van der Waals surface area contributed by atoms with Gasteiger partial charge in [-0.2, -0.15) is 0 Å². The zero-order chi connectivity index (χ0) is 24.6. The van der Waals surface area contributed by atoms with Gasteiger partial charge in [0.15, 0.2) is 12.4 Å². The summed E-state index contributed by atoms with van der Waals surface area (Å²) in [5, 5.41) is 12.0. The van der Waals surface area contributed by atoms with Gasteiger partial charge in [0.2, 0.25) is 12.2 Å². The number of carboxylic acids is 1. The average molecular weight is 483 g/mol. The first-order chi connectivity index (χ1) is 17.0. The van der Waals surface area contributed by atoms with E-state index in [9.17, 15) is 9.59 Å². The van der Waals surface area contributed by atoms with Gasteiger partial charge in [0, 0.05) is 19.2 Å². The predicted octanol–water partition coefficient (Wildman–Crippen LogP) is 3.65. The highest BCUT2D eigenvalue weighted by molar-refractivity contribution is 5.96. The standard InChI is InChI=1S/C26H30N2O7/c1-17(26(30)31)33-20-11-9-19(10-12-20)15-28-24(29)21-8-5-13-27-25(21)35-23-16-32-22(34-23)14-18-6-3-2-4-7-18/h2-8,13,16-17,19-20,22H,9-12,14-15H2,1H3,(H,28,29)(H,30,31)/t17-,19?,20?,22?/m1/s1. The van der Waals surface area contributed by atoms with E-state index in [0.29, 0.717) is 24.4 Å². The summed E-state index contributed by atoms with van der Waals surface area (Å²) in [5.41, 5.74) is 1.37. The van der Waals surface area contributed by atoms with Crippen LogP contribution in [0.25, 0.3) is 0 Å². The molecule has 35 heavy (non-hydrogen) atoms. The number of ether oxygens (including phenoxy) is 4. The van der Waals surface area contributed by atoms with Crippen molar-refractivity contribution in [1.29, 1.82) is 0 Å². The molecule has 0 saturated heterocycles. The van der Waals surface area contributed by atoms with E-state index in [-0.39, 0.29) is 23.8 Å². The first-order valence-corrected chi connectivity index (χ1v) is 11.8. The lowest BCUT2D eigenvalue weighted by atomic mass is 9.87. The van der Waals surface area contributed by atoms with Crippen molar-refractivity contribution in [3.05, 3.63) is 72.0 Å². The van der Waals surface area contributed by atoms with E-state index in [1.165, 1.54) is 6.26 Å². The van der Waals surface area contributed by atoms with Gasteiger partial charge in [-0.15, -0.1) is 0 Å². The molecule has 1 aliphatic heterocycles. The molecule has 2 N–H and O–H groups in total. The highest BCUT2D eigenvalue weighted by atomic mass is 16.8. The van der Waals surface area contributed by atoms with Crippen LogP contribution in [0.4, 0.5) is 0 Å². The van der Waals surface area contributed by atoms with E-state index in [0.717, 1.165) is 31.2 Å². The molecule has 1 fully saturated rings. The topological polar surface area (TPSA) is 116 Å². The second-order valence-electron chi connectivity index (χ2n) is 8.74. The summed E-state index contributed by atoms with van der Waals surface area (Å²) in [4.78, 5) is 28.0. The van der Waals surface area contributed by atoms with Gasteiger partial charge in [0.25, 0.3) is 5.91 Å². The second-order valence-corrected chi connectivity index (χ2v) is 8.74. The smallest absolute Gasteiger partial charge is 0.332 e. The summed E-state index contributed by atoms with van der Waals surface area (Å²) in [6, 6.07) is 13.1. The van der Waals surface area contributed by atoms with Gasteiger partial charge < -0.3 is 29.4 Å². The number of aromatic nitrogens is 1. The minimum Gasteiger partial charge on any atom is -0.479 e. The van der Waals surface area contributed by atoms with E-state index in [1.54, 1.807) is 25.3 Å². The first kappa shape index (κ1) is 24.5. The number of aliphatic carboxylic acids is 1. The van der Waals surface area contributed by atoms with E-state index >= 15 is 0 Å². The Morgan fingerprint density at radius 1 is 1.14 bits per heavy atom. The van der Waals surface area contributed by atoms with Crippen LogP contribution in [0.2, 0.25) is 0 Å². The van der Waals surface area contributed by atoms with Gasteiger partial charge >= 0.3 is 11.9 Å². The van der Waals surface area contributed by atoms with E-state index in [1.807, 2.05) is 30.3 Å². The van der Waals surface area contributed by atoms with Gasteiger partial charge in [-0.3, -0.25) is 4.79 Å². The highest BCUT2D eigenvalue weighted by Gasteiger charge is 2.27. The number of rotatable bonds is 10. The molecule has 1 aromatic carbocycles. The van der Waals surface area contributed by atoms with Gasteiger partial charge in [-0.05, 0) is 56.2 Å². The fourth-order valence-corrected chi connectivity index (χ4v) is 4.15. The molecule has 1 unspecified atom stereocenters. The fraction of sp³-hybridized carbons (Fsp3) is 0.423. The molecule has 1 aromatic heterocycles. The third kappa shape index (κ3) is 6.95. The Hall–Kier alpha value is -3.59. The van der Waals surface area contributed by atoms with E-state index in [4.69, 9.17) is 24.1 Å². The molecule has 1 amide bonds. The lowest BCUT2D eigenvalue weighted by molar-refractivity contribution is -0.154. The summed E-state index contributed by atoms with van der Waals surface area (Å²) in [7, 11) is 0. The van der Waals surface area contributed by atoms with Crippen LogP contribution < -0.4 is 10.1 Å². The number of carbonyl (C=O) groups excluding carboxylic acids is 1. The van der Waals surface area contributed by atoms with Crippen molar-refractivity contribution in [3.8, 4) is 5.88 Å². The Balaban J connectivity index is 1.24. The average Bonchev–Trinajstić information content (AvgIpc) is 3.30. The lowest BCUT2D eigenvalue weighted by Crippen LogP contribution is -2.34. The Morgan fingerprint density at radius 3 is 2.66 bits per heavy atom. The summed E-state index contributed by atoms with van der Waals surface area (Å²) in [6.07, 6.45) is 5.37. The van der Waals surface area contributed by atoms with Crippen molar-refractivity contribution >= 4 is 11.9 Å². The van der Waals surface area contributed by atoms with Crippen molar-refractivity contribution in [3.63, 3.8) is 0 Å². The normalized spacial score (nSPS) is 22.3. The largest absolute Gasteiger partial charge is 0.479 e. The highest BCUT2D eigenvalue weighted by Crippen LogP contribution is 2.27. The van der Waals surface area contributed by atoms with E-state index < -0.39 is 18.4 Å². The number of nitrogens with zero attached hydrogens (tertiary/aromatic N) is 1. The maximum absolute atomic E-state index is 12.9. The van der Waals surface area contributed by atoms with Crippen molar-refractivity contribution in [2.45, 2.75) is 57.5 Å². The molecule has 2 atom stereocenters. The van der Waals surface area contributed by atoms with Gasteiger partial charge in [0.1, 0.15) is 5.56 Å². The zero-order valence-corrected chi connectivity index (χ0v) is 19.6. The molecule has 0 radical (unpaired) electrons. The molecule has 4 rings (SSSR count). The molecular weight excluding hydrogens is 452 g/mol. The Labute approximate surface area is 204 Å². The SMILES string of the molecule is C[C@@H](OC1CCC(CNC(=O)c2cccnc2OC2=COC(Cc3ccccc3)O2)CC1)C(=O)O. The van der Waals surface area contributed by atoms with Crippen LogP contribution in [0.5, 0.6) is 5.88 Å². The van der Waals surface area contributed by atoms with Crippen molar-refractivity contribution in [2.75, 3.05) is 6.54 Å². The van der Waals surface area contributed by atoms with E-state index in [2.05, 4.69) is 10.3 Å². The summed E-state index contributed by atoms with van der Waals surface area (Å²) in [6.45, 7) is 2.06. The first-order valence-electron chi connectivity index (χ1n) is 11.8. The minimum absolute atomic E-state index is 0.0565. The third-order valence-electron chi connectivity index (χ3n) is 6.11. The minimum atomic E-state index is -0.953. The molecule has 1 saturated carbocycles. The van der Waals surface area contributed by atoms with Crippen LogP contribution in [0.15, 0.2) is 60.9 Å². The molecule has 9 nitrogen and oxygen atoms in total. The zero-order valence-electron chi connectivity index (χ0n) is 19.6. The number of carbonyl (C=O) groups is 2. The molecular formula is C26H30N2O7. The second kappa shape index (κ2) is 11.7. The quantitative estimate of drug-likeness (QED) is 0.527. The van der Waals surface area contributed by atoms with Crippen molar-refractivity contribution < 1.29 is 33.6 Å². The third-order valence-corrected chi connectivity index (χ3v) is 6.11. The van der Waals surface area contributed by atoms with Crippen LogP contribution in [-0.2, 0) is 25.4 Å². The molecule has 0 spiro atoms. The molecule has 186 valence electrons. The maximum atomic E-state index is 12.9. The monoisotopic (exact) mass is 482 g/mol. The van der Waals surface area contributed by atoms with Gasteiger partial charge in [-0.1, -0.05) is 30.3 Å². The summed E-state index contributed by atoms with van der Waals surface area (Å²) >= 11 is 0. The molecule has 2 aromatic rings. The van der Waals surface area contributed by atoms with Crippen LogP contribution in [0, 0.1) is 5.92 Å². The lowest BCUT2D eigenvalue weighted by Gasteiger charge is -2.29. The molecule has 1 aliphatic carbocycles. The van der Waals surface area contributed by atoms with Crippen molar-refractivity contribution in [1.82, 2.24) is 10.3 Å². The Kier molecular flexibility index (Phi) is 8.20. The van der Waals surface area contributed by atoms with Crippen LogP contribution >= 0.6 is 0 Å². The molecule has 0 bridgehead atoms. The summed E-state index contributed by atoms with van der Waals surface area (Å²) < 4.78 is 22.6. The molecule has 9 heteroatoms. The number of hydrogen-bond donors (Lipinski definition) is 2. The predicted molar refractivity (Wildman–Crippen MR) is 125 cm³/mol. The van der Waals surface area contributed by atoms with Crippen LogP contribution in [0.3, 0.4) is 0 Å². The number of nitrogens with one attached hydrogen (secondary N) is 1. The van der Waals surface area contributed by atoms with Crippen molar-refractivity contribution in [2.24, 2.45) is 5.92 Å². The maximum Gasteiger partial charge on any atom is 0.332 e. The van der Waals surface area contributed by atoms with Gasteiger partial charge in [-0.25, -0.2) is 9.78 Å². The number of benzene rings is 1. The van der Waals surface area contributed by atoms with Crippen LogP contribution in [-0.4, -0.2) is 47.0 Å². The Morgan fingerprint density at radius 2 is 1.91 bits per heavy atom. The summed E-state index contributed by atoms with van der Waals surface area (Å²) in [5.74, 6) is -0.655. The number of pyridine rings is 1. The van der Waals surface area contributed by atoms with Crippen LogP contribution in [0.1, 0.15) is 48.5 Å². The Bertz CT molecular complexity index is 1040. The van der Waals surface area contributed by atoms with Gasteiger partial charge in [0.05, 0.1) is 6.10 Å². The molecule has 2 aliphatic rings. The molecule has 2 heterocycles.